The largest absolute Gasteiger partial charge is 0.373 e. The molecule has 0 saturated carbocycles. The maximum atomic E-state index is 6.01. The monoisotopic (exact) mass is 262 g/mol. The SMILES string of the molecule is CCCc1ccc(C(NN)C2(C)CCCCO2)cc1. The Kier molecular flexibility index (Phi) is 4.97. The highest BCUT2D eigenvalue weighted by Gasteiger charge is 2.37. The summed E-state index contributed by atoms with van der Waals surface area (Å²) in [5.74, 6) is 5.79. The molecule has 0 aromatic heterocycles. The topological polar surface area (TPSA) is 47.3 Å². The first-order chi connectivity index (χ1) is 9.19. The molecule has 1 saturated heterocycles. The van der Waals surface area contributed by atoms with E-state index in [2.05, 4.69) is 43.5 Å². The molecule has 0 bridgehead atoms. The van der Waals surface area contributed by atoms with Crippen molar-refractivity contribution in [1.82, 2.24) is 5.43 Å². The molecule has 19 heavy (non-hydrogen) atoms. The Labute approximate surface area is 116 Å². The van der Waals surface area contributed by atoms with Crippen molar-refractivity contribution < 1.29 is 4.74 Å². The summed E-state index contributed by atoms with van der Waals surface area (Å²) in [6.07, 6.45) is 5.73. The number of hydrogen-bond acceptors (Lipinski definition) is 3. The highest BCUT2D eigenvalue weighted by molar-refractivity contribution is 5.27. The average molecular weight is 262 g/mol. The van der Waals surface area contributed by atoms with E-state index in [1.54, 1.807) is 0 Å². The molecule has 1 aromatic carbocycles. The number of benzene rings is 1. The summed E-state index contributed by atoms with van der Waals surface area (Å²) in [6, 6.07) is 8.82. The molecular formula is C16H26N2O. The third-order valence-electron chi connectivity index (χ3n) is 4.13. The molecule has 1 aliphatic rings. The standard InChI is InChI=1S/C16H26N2O/c1-3-6-13-7-9-14(10-8-13)15(18-17)16(2)11-4-5-12-19-16/h7-10,15,18H,3-6,11-12,17H2,1-2H3. The first-order valence-corrected chi connectivity index (χ1v) is 7.38. The van der Waals surface area contributed by atoms with Crippen LogP contribution in [-0.4, -0.2) is 12.2 Å². The molecule has 3 N–H and O–H groups in total. The van der Waals surface area contributed by atoms with Gasteiger partial charge in [-0.15, -0.1) is 0 Å². The van der Waals surface area contributed by atoms with E-state index >= 15 is 0 Å². The van der Waals surface area contributed by atoms with Crippen LogP contribution < -0.4 is 11.3 Å². The Bertz CT molecular complexity index is 382. The van der Waals surface area contributed by atoms with Gasteiger partial charge >= 0.3 is 0 Å². The van der Waals surface area contributed by atoms with E-state index in [0.29, 0.717) is 0 Å². The van der Waals surface area contributed by atoms with Gasteiger partial charge in [-0.05, 0) is 43.7 Å². The summed E-state index contributed by atoms with van der Waals surface area (Å²) in [4.78, 5) is 0. The van der Waals surface area contributed by atoms with Gasteiger partial charge < -0.3 is 4.74 Å². The van der Waals surface area contributed by atoms with Crippen LogP contribution in [0.5, 0.6) is 0 Å². The van der Waals surface area contributed by atoms with Gasteiger partial charge in [-0.1, -0.05) is 37.6 Å². The fraction of sp³-hybridized carbons (Fsp3) is 0.625. The molecule has 0 spiro atoms. The Morgan fingerprint density at radius 1 is 1.32 bits per heavy atom. The first kappa shape index (κ1) is 14.5. The van der Waals surface area contributed by atoms with Gasteiger partial charge in [0.1, 0.15) is 0 Å². The van der Waals surface area contributed by atoms with Crippen molar-refractivity contribution in [1.29, 1.82) is 0 Å². The van der Waals surface area contributed by atoms with Crippen molar-refractivity contribution in [2.75, 3.05) is 6.61 Å². The van der Waals surface area contributed by atoms with Crippen LogP contribution in [0.3, 0.4) is 0 Å². The minimum absolute atomic E-state index is 0.0588. The van der Waals surface area contributed by atoms with Crippen molar-refractivity contribution in [2.45, 2.75) is 57.6 Å². The number of nitrogens with one attached hydrogen (secondary N) is 1. The lowest BCUT2D eigenvalue weighted by atomic mass is 9.84. The van der Waals surface area contributed by atoms with Gasteiger partial charge in [0.25, 0.3) is 0 Å². The zero-order chi connectivity index (χ0) is 13.7. The van der Waals surface area contributed by atoms with Gasteiger partial charge in [0.05, 0.1) is 11.6 Å². The summed E-state index contributed by atoms with van der Waals surface area (Å²) >= 11 is 0. The van der Waals surface area contributed by atoms with E-state index in [1.165, 1.54) is 24.0 Å². The average Bonchev–Trinajstić information content (AvgIpc) is 2.42. The maximum Gasteiger partial charge on any atom is 0.0861 e. The lowest BCUT2D eigenvalue weighted by Gasteiger charge is -2.40. The molecule has 106 valence electrons. The lowest BCUT2D eigenvalue weighted by Crippen LogP contribution is -2.48. The molecule has 2 unspecified atom stereocenters. The van der Waals surface area contributed by atoms with Gasteiger partial charge in [-0.2, -0.15) is 0 Å². The van der Waals surface area contributed by atoms with E-state index in [-0.39, 0.29) is 11.6 Å². The molecule has 0 amide bonds. The predicted molar refractivity (Wildman–Crippen MR) is 78.7 cm³/mol. The fourth-order valence-electron chi connectivity index (χ4n) is 2.97. The first-order valence-electron chi connectivity index (χ1n) is 7.38. The molecule has 1 aromatic rings. The van der Waals surface area contributed by atoms with E-state index in [4.69, 9.17) is 10.6 Å². The molecule has 2 atom stereocenters. The summed E-state index contributed by atoms with van der Waals surface area (Å²) in [5, 5.41) is 0. The predicted octanol–water partition coefficient (Wildman–Crippen LogP) is 3.10. The smallest absolute Gasteiger partial charge is 0.0861 e. The fourth-order valence-corrected chi connectivity index (χ4v) is 2.97. The van der Waals surface area contributed by atoms with Gasteiger partial charge in [0, 0.05) is 6.61 Å². The minimum Gasteiger partial charge on any atom is -0.373 e. The molecule has 1 fully saturated rings. The third-order valence-corrected chi connectivity index (χ3v) is 4.13. The molecule has 0 radical (unpaired) electrons. The lowest BCUT2D eigenvalue weighted by molar-refractivity contribution is -0.0898. The Morgan fingerprint density at radius 3 is 2.58 bits per heavy atom. The van der Waals surface area contributed by atoms with Crippen LogP contribution in [0.1, 0.15) is 56.7 Å². The van der Waals surface area contributed by atoms with Crippen molar-refractivity contribution >= 4 is 0 Å². The number of nitrogens with two attached hydrogens (primary N) is 1. The van der Waals surface area contributed by atoms with Gasteiger partial charge in [-0.25, -0.2) is 0 Å². The zero-order valence-corrected chi connectivity index (χ0v) is 12.1. The quantitative estimate of drug-likeness (QED) is 0.633. The molecule has 1 heterocycles. The Hall–Kier alpha value is -0.900. The van der Waals surface area contributed by atoms with Crippen molar-refractivity contribution in [3.8, 4) is 0 Å². The van der Waals surface area contributed by atoms with Gasteiger partial charge in [0.2, 0.25) is 0 Å². The van der Waals surface area contributed by atoms with Crippen LogP contribution in [0.15, 0.2) is 24.3 Å². The number of hydrogen-bond donors (Lipinski definition) is 2. The second-order valence-corrected chi connectivity index (χ2v) is 5.71. The third kappa shape index (κ3) is 3.35. The number of ether oxygens (including phenoxy) is 1. The van der Waals surface area contributed by atoms with Crippen LogP contribution in [0.4, 0.5) is 0 Å². The highest BCUT2D eigenvalue weighted by atomic mass is 16.5. The van der Waals surface area contributed by atoms with Crippen LogP contribution in [0.2, 0.25) is 0 Å². The zero-order valence-electron chi connectivity index (χ0n) is 12.1. The molecular weight excluding hydrogens is 236 g/mol. The van der Waals surface area contributed by atoms with E-state index in [9.17, 15) is 0 Å². The van der Waals surface area contributed by atoms with E-state index in [0.717, 1.165) is 25.9 Å². The van der Waals surface area contributed by atoms with Gasteiger partial charge in [-0.3, -0.25) is 11.3 Å². The molecule has 2 rings (SSSR count). The maximum absolute atomic E-state index is 6.01. The second kappa shape index (κ2) is 6.51. The van der Waals surface area contributed by atoms with Crippen LogP contribution >= 0.6 is 0 Å². The minimum atomic E-state index is -0.195. The van der Waals surface area contributed by atoms with Crippen molar-refractivity contribution in [2.24, 2.45) is 5.84 Å². The molecule has 3 heteroatoms. The summed E-state index contributed by atoms with van der Waals surface area (Å²) in [5.41, 5.74) is 5.36. The van der Waals surface area contributed by atoms with Crippen LogP contribution in [0, 0.1) is 0 Å². The van der Waals surface area contributed by atoms with E-state index < -0.39 is 0 Å². The van der Waals surface area contributed by atoms with Crippen molar-refractivity contribution in [3.05, 3.63) is 35.4 Å². The number of aryl methyl sites for hydroxylation is 1. The summed E-state index contributed by atoms with van der Waals surface area (Å²) in [6.45, 7) is 5.20. The highest BCUT2D eigenvalue weighted by Crippen LogP contribution is 2.36. The van der Waals surface area contributed by atoms with Gasteiger partial charge in [0.15, 0.2) is 0 Å². The molecule has 3 nitrogen and oxygen atoms in total. The number of rotatable bonds is 5. The normalized spacial score (nSPS) is 25.2. The van der Waals surface area contributed by atoms with Crippen LogP contribution in [-0.2, 0) is 11.2 Å². The molecule has 0 aliphatic carbocycles. The second-order valence-electron chi connectivity index (χ2n) is 5.71. The summed E-state index contributed by atoms with van der Waals surface area (Å²) in [7, 11) is 0. The van der Waals surface area contributed by atoms with Crippen molar-refractivity contribution in [3.63, 3.8) is 0 Å². The van der Waals surface area contributed by atoms with E-state index in [1.807, 2.05) is 0 Å². The molecule has 1 aliphatic heterocycles. The van der Waals surface area contributed by atoms with Crippen LogP contribution in [0.25, 0.3) is 0 Å². The Morgan fingerprint density at radius 2 is 2.05 bits per heavy atom. The summed E-state index contributed by atoms with van der Waals surface area (Å²) < 4.78 is 6.01. The number of hydrazine groups is 1. The Balaban J connectivity index is 2.16.